The molecule has 25 heavy (non-hydrogen) atoms. The molecule has 2 nitrogen and oxygen atoms in total. The van der Waals surface area contributed by atoms with E-state index in [1.54, 1.807) is 7.11 Å². The first kappa shape index (κ1) is 18.8. The van der Waals surface area contributed by atoms with Gasteiger partial charge < -0.3 is 9.47 Å². The molecule has 0 spiro atoms. The Hall–Kier alpha value is -1.02. The maximum Gasteiger partial charge on any atom is 0.118 e. The molecule has 1 saturated carbocycles. The zero-order valence-corrected chi connectivity index (χ0v) is 16.2. The van der Waals surface area contributed by atoms with Crippen LogP contribution in [0.4, 0.5) is 0 Å². The third-order valence-corrected chi connectivity index (χ3v) is 6.50. The number of hydrogen-bond acceptors (Lipinski definition) is 2. The Labute approximate surface area is 154 Å². The van der Waals surface area contributed by atoms with Crippen molar-refractivity contribution in [1.29, 1.82) is 0 Å². The SMILES string of the molecule is CCCC1CCC(CCC2CCC(c3ccc(OC)cc3)OC2)CC1. The molecule has 2 aliphatic rings. The largest absolute Gasteiger partial charge is 0.497 e. The van der Waals surface area contributed by atoms with Crippen molar-refractivity contribution in [3.05, 3.63) is 29.8 Å². The molecule has 1 aliphatic carbocycles. The van der Waals surface area contributed by atoms with Crippen LogP contribution >= 0.6 is 0 Å². The van der Waals surface area contributed by atoms with Crippen molar-refractivity contribution in [3.63, 3.8) is 0 Å². The molecule has 1 aromatic carbocycles. The fourth-order valence-corrected chi connectivity index (χ4v) is 4.80. The van der Waals surface area contributed by atoms with E-state index >= 15 is 0 Å². The molecule has 3 rings (SSSR count). The van der Waals surface area contributed by atoms with E-state index in [1.165, 1.54) is 69.8 Å². The first-order valence-electron chi connectivity index (χ1n) is 10.5. The molecule has 0 bridgehead atoms. The van der Waals surface area contributed by atoms with E-state index < -0.39 is 0 Å². The maximum atomic E-state index is 6.20. The fourth-order valence-electron chi connectivity index (χ4n) is 4.80. The van der Waals surface area contributed by atoms with Crippen LogP contribution in [0, 0.1) is 17.8 Å². The van der Waals surface area contributed by atoms with E-state index in [4.69, 9.17) is 9.47 Å². The van der Waals surface area contributed by atoms with E-state index in [2.05, 4.69) is 19.1 Å². The summed E-state index contributed by atoms with van der Waals surface area (Å²) < 4.78 is 11.4. The van der Waals surface area contributed by atoms with Crippen LogP contribution < -0.4 is 4.74 Å². The number of benzene rings is 1. The van der Waals surface area contributed by atoms with Crippen LogP contribution in [0.15, 0.2) is 24.3 Å². The average molecular weight is 345 g/mol. The van der Waals surface area contributed by atoms with Crippen LogP contribution in [-0.2, 0) is 4.74 Å². The molecule has 0 N–H and O–H groups in total. The molecule has 2 atom stereocenters. The predicted molar refractivity (Wildman–Crippen MR) is 104 cm³/mol. The smallest absolute Gasteiger partial charge is 0.118 e. The normalized spacial score (nSPS) is 30.2. The van der Waals surface area contributed by atoms with Gasteiger partial charge in [-0.1, -0.05) is 64.0 Å². The molecular weight excluding hydrogens is 308 g/mol. The van der Waals surface area contributed by atoms with Gasteiger partial charge in [0.05, 0.1) is 19.8 Å². The minimum atomic E-state index is 0.284. The van der Waals surface area contributed by atoms with Gasteiger partial charge in [-0.05, 0) is 54.7 Å². The number of ether oxygens (including phenoxy) is 2. The highest BCUT2D eigenvalue weighted by molar-refractivity contribution is 5.28. The van der Waals surface area contributed by atoms with Gasteiger partial charge in [-0.15, -0.1) is 0 Å². The molecule has 2 heteroatoms. The molecule has 1 saturated heterocycles. The van der Waals surface area contributed by atoms with Crippen molar-refractivity contribution in [2.45, 2.75) is 77.2 Å². The van der Waals surface area contributed by atoms with Gasteiger partial charge in [0.1, 0.15) is 5.75 Å². The predicted octanol–water partition coefficient (Wildman–Crippen LogP) is 6.55. The van der Waals surface area contributed by atoms with Crippen molar-refractivity contribution in [2.75, 3.05) is 13.7 Å². The van der Waals surface area contributed by atoms with Crippen molar-refractivity contribution in [2.24, 2.45) is 17.8 Å². The Bertz CT molecular complexity index is 479. The summed E-state index contributed by atoms with van der Waals surface area (Å²) in [6, 6.07) is 8.39. The van der Waals surface area contributed by atoms with E-state index in [0.29, 0.717) is 0 Å². The van der Waals surface area contributed by atoms with Gasteiger partial charge >= 0.3 is 0 Å². The maximum absolute atomic E-state index is 6.20. The monoisotopic (exact) mass is 344 g/mol. The summed E-state index contributed by atoms with van der Waals surface area (Å²) in [6.07, 6.45) is 14.3. The molecule has 0 radical (unpaired) electrons. The van der Waals surface area contributed by atoms with Gasteiger partial charge in [0, 0.05) is 0 Å². The summed E-state index contributed by atoms with van der Waals surface area (Å²) in [6.45, 7) is 3.27. The lowest BCUT2D eigenvalue weighted by Crippen LogP contribution is -2.22. The molecule has 0 amide bonds. The fraction of sp³-hybridized carbons (Fsp3) is 0.739. The summed E-state index contributed by atoms with van der Waals surface area (Å²) in [7, 11) is 1.72. The average Bonchev–Trinajstić information content (AvgIpc) is 2.68. The van der Waals surface area contributed by atoms with Crippen molar-refractivity contribution < 1.29 is 9.47 Å². The summed E-state index contributed by atoms with van der Waals surface area (Å²) in [5.41, 5.74) is 1.30. The Morgan fingerprint density at radius 2 is 1.44 bits per heavy atom. The van der Waals surface area contributed by atoms with Gasteiger partial charge in [0.15, 0.2) is 0 Å². The molecule has 1 aromatic rings. The summed E-state index contributed by atoms with van der Waals surface area (Å²) in [5, 5.41) is 0. The van der Waals surface area contributed by atoms with Crippen LogP contribution in [0.1, 0.15) is 82.8 Å². The highest BCUT2D eigenvalue weighted by atomic mass is 16.5. The standard InChI is InChI=1S/C23H36O2/c1-3-4-18-5-7-19(8-6-18)9-10-20-11-16-23(25-17-20)21-12-14-22(24-2)15-13-21/h12-15,18-20,23H,3-11,16-17H2,1-2H3. The van der Waals surface area contributed by atoms with Crippen LogP contribution in [0.3, 0.4) is 0 Å². The van der Waals surface area contributed by atoms with E-state index in [9.17, 15) is 0 Å². The molecule has 0 aromatic heterocycles. The van der Waals surface area contributed by atoms with Gasteiger partial charge in [-0.2, -0.15) is 0 Å². The van der Waals surface area contributed by atoms with Crippen LogP contribution in [-0.4, -0.2) is 13.7 Å². The molecule has 2 unspecified atom stereocenters. The van der Waals surface area contributed by atoms with Gasteiger partial charge in [0.25, 0.3) is 0 Å². The molecule has 1 aliphatic heterocycles. The highest BCUT2D eigenvalue weighted by Gasteiger charge is 2.25. The number of hydrogen-bond donors (Lipinski definition) is 0. The Morgan fingerprint density at radius 3 is 2.00 bits per heavy atom. The summed E-state index contributed by atoms with van der Waals surface area (Å²) in [4.78, 5) is 0. The number of rotatable bonds is 7. The second-order valence-electron chi connectivity index (χ2n) is 8.29. The number of methoxy groups -OCH3 is 1. The van der Waals surface area contributed by atoms with Crippen LogP contribution in [0.5, 0.6) is 5.75 Å². The quantitative estimate of drug-likeness (QED) is 0.558. The van der Waals surface area contributed by atoms with E-state index in [-0.39, 0.29) is 6.10 Å². The Morgan fingerprint density at radius 1 is 0.840 bits per heavy atom. The molecular formula is C23H36O2. The topological polar surface area (TPSA) is 18.5 Å². The lowest BCUT2D eigenvalue weighted by molar-refractivity contribution is -0.0212. The third-order valence-electron chi connectivity index (χ3n) is 6.50. The van der Waals surface area contributed by atoms with Gasteiger partial charge in [-0.25, -0.2) is 0 Å². The van der Waals surface area contributed by atoms with Gasteiger partial charge in [0.2, 0.25) is 0 Å². The lowest BCUT2D eigenvalue weighted by Gasteiger charge is -2.32. The van der Waals surface area contributed by atoms with Crippen molar-refractivity contribution >= 4 is 0 Å². The minimum absolute atomic E-state index is 0.284. The van der Waals surface area contributed by atoms with Crippen molar-refractivity contribution in [3.8, 4) is 5.75 Å². The van der Waals surface area contributed by atoms with Crippen LogP contribution in [0.2, 0.25) is 0 Å². The first-order valence-corrected chi connectivity index (χ1v) is 10.5. The van der Waals surface area contributed by atoms with E-state index in [1.807, 2.05) is 12.1 Å². The highest BCUT2D eigenvalue weighted by Crippen LogP contribution is 2.37. The second kappa shape index (κ2) is 9.62. The molecule has 140 valence electrons. The minimum Gasteiger partial charge on any atom is -0.497 e. The third kappa shape index (κ3) is 5.48. The Balaban J connectivity index is 1.35. The van der Waals surface area contributed by atoms with E-state index in [0.717, 1.165) is 30.1 Å². The Kier molecular flexibility index (Phi) is 7.22. The van der Waals surface area contributed by atoms with Crippen LogP contribution in [0.25, 0.3) is 0 Å². The lowest BCUT2D eigenvalue weighted by atomic mass is 9.77. The van der Waals surface area contributed by atoms with Gasteiger partial charge in [-0.3, -0.25) is 0 Å². The van der Waals surface area contributed by atoms with Crippen molar-refractivity contribution in [1.82, 2.24) is 0 Å². The zero-order chi connectivity index (χ0) is 17.5. The molecule has 1 heterocycles. The summed E-state index contributed by atoms with van der Waals surface area (Å²) in [5.74, 6) is 3.73. The first-order chi connectivity index (χ1) is 12.3. The molecule has 2 fully saturated rings. The summed E-state index contributed by atoms with van der Waals surface area (Å²) >= 11 is 0. The zero-order valence-electron chi connectivity index (χ0n) is 16.2. The second-order valence-corrected chi connectivity index (χ2v) is 8.29.